The van der Waals surface area contributed by atoms with E-state index in [-0.39, 0.29) is 12.6 Å². The summed E-state index contributed by atoms with van der Waals surface area (Å²) in [6.07, 6.45) is 0. The Morgan fingerprint density at radius 3 is 2.68 bits per heavy atom. The number of halogens is 1. The number of ether oxygens (including phenoxy) is 2. The number of carbonyl (C=O) groups is 1. The van der Waals surface area contributed by atoms with E-state index in [1.165, 1.54) is 7.11 Å². The first-order valence-electron chi connectivity index (χ1n) is 5.75. The topological polar surface area (TPSA) is 35.5 Å². The number of carbonyl (C=O) groups excluding carboxylic acids is 1. The fourth-order valence-electron chi connectivity index (χ4n) is 1.67. The van der Waals surface area contributed by atoms with Crippen LogP contribution in [-0.2, 0) is 11.3 Å². The third-order valence-corrected chi connectivity index (χ3v) is 2.85. The Kier molecular flexibility index (Phi) is 4.42. The van der Waals surface area contributed by atoms with Crippen LogP contribution in [0.5, 0.6) is 5.75 Å². The quantitative estimate of drug-likeness (QED) is 0.799. The summed E-state index contributed by atoms with van der Waals surface area (Å²) in [5.74, 6) is 0.289. The second kappa shape index (κ2) is 6.25. The van der Waals surface area contributed by atoms with E-state index in [0.29, 0.717) is 16.3 Å². The molecule has 2 aromatic carbocycles. The van der Waals surface area contributed by atoms with Crippen molar-refractivity contribution in [3.05, 3.63) is 64.7 Å². The van der Waals surface area contributed by atoms with Gasteiger partial charge in [0.25, 0.3) is 0 Å². The first-order valence-corrected chi connectivity index (χ1v) is 6.13. The highest BCUT2D eigenvalue weighted by Crippen LogP contribution is 2.19. The van der Waals surface area contributed by atoms with Crippen LogP contribution in [0.3, 0.4) is 0 Å². The van der Waals surface area contributed by atoms with Crippen molar-refractivity contribution in [1.82, 2.24) is 0 Å². The zero-order valence-corrected chi connectivity index (χ0v) is 11.2. The van der Waals surface area contributed by atoms with Gasteiger partial charge in [0.1, 0.15) is 12.4 Å². The number of hydrogen-bond donors (Lipinski definition) is 0. The first kappa shape index (κ1) is 13.4. The second-order valence-electron chi connectivity index (χ2n) is 3.89. The Balaban J connectivity index is 2.13. The minimum Gasteiger partial charge on any atom is -0.489 e. The molecule has 3 nitrogen and oxygen atoms in total. The molecule has 0 N–H and O–H groups in total. The van der Waals surface area contributed by atoms with E-state index < -0.39 is 0 Å². The predicted molar refractivity (Wildman–Crippen MR) is 73.6 cm³/mol. The molecule has 19 heavy (non-hydrogen) atoms. The maximum atomic E-state index is 11.6. The third-order valence-electron chi connectivity index (χ3n) is 2.61. The molecule has 0 bridgehead atoms. The van der Waals surface area contributed by atoms with Crippen molar-refractivity contribution in [2.75, 3.05) is 7.11 Å². The van der Waals surface area contributed by atoms with Crippen molar-refractivity contribution >= 4 is 17.6 Å². The molecule has 0 aliphatic rings. The van der Waals surface area contributed by atoms with Crippen molar-refractivity contribution in [2.24, 2.45) is 0 Å². The molecular weight excluding hydrogens is 264 g/mol. The number of hydrogen-bond acceptors (Lipinski definition) is 3. The smallest absolute Gasteiger partial charge is 0.338 e. The van der Waals surface area contributed by atoms with Crippen LogP contribution in [-0.4, -0.2) is 13.1 Å². The molecule has 0 amide bonds. The van der Waals surface area contributed by atoms with Crippen LogP contribution in [0.4, 0.5) is 0 Å². The summed E-state index contributed by atoms with van der Waals surface area (Å²) in [4.78, 5) is 11.6. The van der Waals surface area contributed by atoms with Crippen molar-refractivity contribution < 1.29 is 14.3 Å². The van der Waals surface area contributed by atoms with Gasteiger partial charge in [-0.25, -0.2) is 4.79 Å². The van der Waals surface area contributed by atoms with Gasteiger partial charge in [0.2, 0.25) is 0 Å². The lowest BCUT2D eigenvalue weighted by Gasteiger charge is -2.09. The minimum atomic E-state index is -0.370. The zero-order valence-electron chi connectivity index (χ0n) is 10.4. The molecule has 4 heteroatoms. The average molecular weight is 277 g/mol. The van der Waals surface area contributed by atoms with Gasteiger partial charge in [-0.2, -0.15) is 0 Å². The maximum Gasteiger partial charge on any atom is 0.338 e. The fourth-order valence-corrected chi connectivity index (χ4v) is 1.85. The summed E-state index contributed by atoms with van der Waals surface area (Å²) in [5.41, 5.74) is 1.28. The molecule has 0 heterocycles. The molecule has 0 spiro atoms. The highest BCUT2D eigenvalue weighted by atomic mass is 35.5. The van der Waals surface area contributed by atoms with Crippen molar-refractivity contribution in [3.8, 4) is 5.75 Å². The molecule has 0 aromatic heterocycles. The van der Waals surface area contributed by atoms with Gasteiger partial charge in [0.15, 0.2) is 0 Å². The van der Waals surface area contributed by atoms with Gasteiger partial charge in [-0.15, -0.1) is 0 Å². The Bertz CT molecular complexity index is 581. The van der Waals surface area contributed by atoms with E-state index in [1.807, 2.05) is 24.3 Å². The van der Waals surface area contributed by atoms with Crippen LogP contribution in [0.1, 0.15) is 15.9 Å². The first-order chi connectivity index (χ1) is 9.20. The van der Waals surface area contributed by atoms with Gasteiger partial charge in [0, 0.05) is 10.6 Å². The molecule has 0 saturated carbocycles. The summed E-state index contributed by atoms with van der Waals surface area (Å²) in [6, 6.07) is 14.3. The summed E-state index contributed by atoms with van der Waals surface area (Å²) in [7, 11) is 1.36. The van der Waals surface area contributed by atoms with Crippen LogP contribution in [0.15, 0.2) is 48.5 Å². The summed E-state index contributed by atoms with van der Waals surface area (Å²) in [5, 5.41) is 0.610. The summed E-state index contributed by atoms with van der Waals surface area (Å²) < 4.78 is 10.3. The Morgan fingerprint density at radius 1 is 1.16 bits per heavy atom. The molecule has 0 atom stereocenters. The normalized spacial score (nSPS) is 10.0. The summed E-state index contributed by atoms with van der Waals surface area (Å²) >= 11 is 5.88. The van der Waals surface area contributed by atoms with Crippen molar-refractivity contribution in [1.29, 1.82) is 0 Å². The van der Waals surface area contributed by atoms with Gasteiger partial charge in [-0.3, -0.25) is 0 Å². The molecule has 0 fully saturated rings. The molecule has 0 aliphatic carbocycles. The molecular formula is C15H13ClO3. The van der Waals surface area contributed by atoms with E-state index in [1.54, 1.807) is 24.3 Å². The van der Waals surface area contributed by atoms with Crippen LogP contribution >= 0.6 is 11.6 Å². The Hall–Kier alpha value is -2.00. The van der Waals surface area contributed by atoms with Gasteiger partial charge in [-0.05, 0) is 24.3 Å². The second-order valence-corrected chi connectivity index (χ2v) is 4.33. The van der Waals surface area contributed by atoms with Crippen LogP contribution in [0.2, 0.25) is 5.02 Å². The van der Waals surface area contributed by atoms with E-state index in [2.05, 4.69) is 0 Å². The van der Waals surface area contributed by atoms with Crippen molar-refractivity contribution in [2.45, 2.75) is 6.61 Å². The number of benzene rings is 2. The zero-order chi connectivity index (χ0) is 13.7. The summed E-state index contributed by atoms with van der Waals surface area (Å²) in [6.45, 7) is 0.283. The lowest BCUT2D eigenvalue weighted by Crippen LogP contribution is -2.07. The van der Waals surface area contributed by atoms with Gasteiger partial charge in [0.05, 0.1) is 12.7 Å². The van der Waals surface area contributed by atoms with E-state index in [4.69, 9.17) is 21.1 Å². The predicted octanol–water partition coefficient (Wildman–Crippen LogP) is 3.71. The van der Waals surface area contributed by atoms with E-state index >= 15 is 0 Å². The highest BCUT2D eigenvalue weighted by molar-refractivity contribution is 6.30. The third kappa shape index (κ3) is 3.48. The molecule has 0 saturated heterocycles. The number of esters is 1. The lowest BCUT2D eigenvalue weighted by molar-refractivity contribution is 0.0597. The largest absolute Gasteiger partial charge is 0.489 e. The molecule has 0 radical (unpaired) electrons. The van der Waals surface area contributed by atoms with Crippen LogP contribution < -0.4 is 4.74 Å². The van der Waals surface area contributed by atoms with Gasteiger partial charge < -0.3 is 9.47 Å². The maximum absolute atomic E-state index is 11.6. The Labute approximate surface area is 116 Å². The minimum absolute atomic E-state index is 0.283. The average Bonchev–Trinajstić information content (AvgIpc) is 2.45. The highest BCUT2D eigenvalue weighted by Gasteiger charge is 2.11. The van der Waals surface area contributed by atoms with Gasteiger partial charge >= 0.3 is 5.97 Å². The molecule has 0 aliphatic heterocycles. The molecule has 98 valence electrons. The van der Waals surface area contributed by atoms with Gasteiger partial charge in [-0.1, -0.05) is 35.9 Å². The fraction of sp³-hybridized carbons (Fsp3) is 0.133. The number of rotatable bonds is 4. The Morgan fingerprint density at radius 2 is 1.95 bits per heavy atom. The molecule has 2 rings (SSSR count). The SMILES string of the molecule is COC(=O)c1ccccc1COc1cccc(Cl)c1. The van der Waals surface area contributed by atoms with E-state index in [0.717, 1.165) is 5.56 Å². The monoisotopic (exact) mass is 276 g/mol. The van der Waals surface area contributed by atoms with Crippen LogP contribution in [0.25, 0.3) is 0 Å². The van der Waals surface area contributed by atoms with Crippen LogP contribution in [0, 0.1) is 0 Å². The van der Waals surface area contributed by atoms with E-state index in [9.17, 15) is 4.79 Å². The number of methoxy groups -OCH3 is 1. The molecule has 0 unspecified atom stereocenters. The molecule has 2 aromatic rings. The lowest BCUT2D eigenvalue weighted by atomic mass is 10.1. The van der Waals surface area contributed by atoms with Crippen molar-refractivity contribution in [3.63, 3.8) is 0 Å². The standard InChI is InChI=1S/C15H13ClO3/c1-18-15(17)14-8-3-2-5-11(14)10-19-13-7-4-6-12(16)9-13/h2-9H,10H2,1H3.